The number of carboxylic acid groups (broad SMARTS) is 1. The normalized spacial score (nSPS) is 20.2. The quantitative estimate of drug-likeness (QED) is 0.884. The van der Waals surface area contributed by atoms with Gasteiger partial charge in [0.2, 0.25) is 0 Å². The van der Waals surface area contributed by atoms with Crippen LogP contribution in [0.1, 0.15) is 42.9 Å². The number of fused-ring (bicyclic) bond motifs is 2. The number of carbonyl (C=O) groups is 1. The summed E-state index contributed by atoms with van der Waals surface area (Å²) in [5, 5.41) is 19.6. The zero-order chi connectivity index (χ0) is 15.1. The third kappa shape index (κ3) is 2.41. The van der Waals surface area contributed by atoms with Gasteiger partial charge in [0.05, 0.1) is 5.02 Å². The number of aliphatic hydroxyl groups excluding tert-OH is 1. The number of ether oxygens (including phenoxy) is 1. The highest BCUT2D eigenvalue weighted by molar-refractivity contribution is 6.43. The molecule has 0 fully saturated rings. The molecule has 4 nitrogen and oxygen atoms in total. The van der Waals surface area contributed by atoms with Gasteiger partial charge in [-0.3, -0.25) is 0 Å². The zero-order valence-electron chi connectivity index (χ0n) is 11.2. The summed E-state index contributed by atoms with van der Waals surface area (Å²) in [7, 11) is 0. The van der Waals surface area contributed by atoms with E-state index in [0.717, 1.165) is 42.4 Å². The summed E-state index contributed by atoms with van der Waals surface area (Å²) >= 11 is 12.4. The average Bonchev–Trinajstić information content (AvgIpc) is 2.75. The van der Waals surface area contributed by atoms with Crippen molar-refractivity contribution in [2.75, 3.05) is 6.61 Å². The van der Waals surface area contributed by atoms with Crippen LogP contribution in [0.15, 0.2) is 11.6 Å². The Morgan fingerprint density at radius 2 is 2.00 bits per heavy atom. The number of aliphatic hydroxyl groups is 1. The summed E-state index contributed by atoms with van der Waals surface area (Å²) in [4.78, 5) is 10.6. The lowest BCUT2D eigenvalue weighted by Gasteiger charge is -2.16. The molecule has 1 atom stereocenters. The van der Waals surface area contributed by atoms with E-state index in [2.05, 4.69) is 0 Å². The van der Waals surface area contributed by atoms with Crippen molar-refractivity contribution in [2.45, 2.75) is 31.8 Å². The zero-order valence-corrected chi connectivity index (χ0v) is 12.7. The monoisotopic (exact) mass is 328 g/mol. The van der Waals surface area contributed by atoms with Crippen LogP contribution in [0.4, 0.5) is 0 Å². The van der Waals surface area contributed by atoms with Crippen LogP contribution >= 0.6 is 23.2 Å². The number of hydrogen-bond donors (Lipinski definition) is 2. The first kappa shape index (κ1) is 14.7. The number of hydrogen-bond acceptors (Lipinski definition) is 3. The maximum atomic E-state index is 10.6. The number of benzene rings is 1. The summed E-state index contributed by atoms with van der Waals surface area (Å²) < 4.78 is 5.20. The van der Waals surface area contributed by atoms with Gasteiger partial charge in [-0.2, -0.15) is 0 Å². The van der Waals surface area contributed by atoms with Gasteiger partial charge in [0.25, 0.3) is 0 Å². The van der Waals surface area contributed by atoms with Gasteiger partial charge >= 0.3 is 5.97 Å². The molecule has 0 aromatic heterocycles. The second-order valence-corrected chi connectivity index (χ2v) is 6.02. The van der Waals surface area contributed by atoms with Crippen LogP contribution in [-0.4, -0.2) is 22.8 Å². The molecule has 2 aliphatic carbocycles. The smallest absolute Gasteiger partial charge is 0.341 e. The Balaban J connectivity index is 2.07. The molecule has 0 saturated heterocycles. The number of allylic oxidation sites excluding steroid dienone is 1. The lowest BCUT2D eigenvalue weighted by Crippen LogP contribution is -2.10. The average molecular weight is 329 g/mol. The molecule has 0 bridgehead atoms. The second kappa shape index (κ2) is 5.52. The van der Waals surface area contributed by atoms with E-state index in [4.69, 9.17) is 33.0 Å². The predicted molar refractivity (Wildman–Crippen MR) is 79.9 cm³/mol. The van der Waals surface area contributed by atoms with Crippen LogP contribution in [0.3, 0.4) is 0 Å². The van der Waals surface area contributed by atoms with E-state index in [-0.39, 0.29) is 15.8 Å². The van der Waals surface area contributed by atoms with Crippen molar-refractivity contribution < 1.29 is 19.7 Å². The van der Waals surface area contributed by atoms with Crippen molar-refractivity contribution in [2.24, 2.45) is 0 Å². The Hall–Kier alpha value is -1.23. The van der Waals surface area contributed by atoms with Gasteiger partial charge < -0.3 is 14.9 Å². The second-order valence-electron chi connectivity index (χ2n) is 5.26. The molecule has 112 valence electrons. The van der Waals surface area contributed by atoms with Gasteiger partial charge in [-0.05, 0) is 48.5 Å². The Morgan fingerprint density at radius 3 is 2.71 bits per heavy atom. The fourth-order valence-corrected chi connectivity index (χ4v) is 3.60. The van der Waals surface area contributed by atoms with E-state index >= 15 is 0 Å². The molecule has 2 aliphatic rings. The first-order valence-electron chi connectivity index (χ1n) is 6.77. The van der Waals surface area contributed by atoms with E-state index in [1.165, 1.54) is 0 Å². The van der Waals surface area contributed by atoms with Crippen molar-refractivity contribution in [1.82, 2.24) is 0 Å². The lowest BCUT2D eigenvalue weighted by atomic mass is 9.91. The highest BCUT2D eigenvalue weighted by Crippen LogP contribution is 2.53. The van der Waals surface area contributed by atoms with Crippen LogP contribution in [0.5, 0.6) is 5.75 Å². The maximum absolute atomic E-state index is 10.6. The van der Waals surface area contributed by atoms with Gasteiger partial charge in [0, 0.05) is 5.56 Å². The number of halogens is 2. The predicted octanol–water partition coefficient (Wildman–Crippen LogP) is 3.83. The number of carboxylic acids is 1. The molecule has 0 heterocycles. The highest BCUT2D eigenvalue weighted by Gasteiger charge is 2.35. The van der Waals surface area contributed by atoms with Crippen LogP contribution in [0.25, 0.3) is 5.57 Å². The van der Waals surface area contributed by atoms with Crippen LogP contribution in [-0.2, 0) is 4.79 Å². The summed E-state index contributed by atoms with van der Waals surface area (Å²) in [5.74, 6) is -0.838. The number of aliphatic carboxylic acids is 1. The first-order valence-corrected chi connectivity index (χ1v) is 7.53. The third-order valence-corrected chi connectivity index (χ3v) is 4.87. The molecule has 0 saturated carbocycles. The number of rotatable bonds is 3. The van der Waals surface area contributed by atoms with Crippen LogP contribution < -0.4 is 4.74 Å². The third-order valence-electron chi connectivity index (χ3n) is 4.00. The van der Waals surface area contributed by atoms with Gasteiger partial charge in [-0.25, -0.2) is 4.79 Å². The minimum Gasteiger partial charge on any atom is -0.480 e. The molecule has 0 amide bonds. The molecular formula is C15H14Cl2O4. The van der Waals surface area contributed by atoms with Crippen molar-refractivity contribution in [3.8, 4) is 5.75 Å². The van der Waals surface area contributed by atoms with Crippen molar-refractivity contribution in [3.05, 3.63) is 32.8 Å². The lowest BCUT2D eigenvalue weighted by molar-refractivity contribution is -0.139. The molecule has 0 aliphatic heterocycles. The molecule has 3 rings (SSSR count). The van der Waals surface area contributed by atoms with Crippen LogP contribution in [0, 0.1) is 0 Å². The largest absolute Gasteiger partial charge is 0.480 e. The summed E-state index contributed by atoms with van der Waals surface area (Å²) in [6.07, 6.45) is 3.14. The Labute approximate surface area is 131 Å². The molecule has 0 spiro atoms. The Bertz CT molecular complexity index is 652. The minimum atomic E-state index is -1.08. The molecule has 1 unspecified atom stereocenters. The molecule has 6 heteroatoms. The topological polar surface area (TPSA) is 66.8 Å². The van der Waals surface area contributed by atoms with Gasteiger partial charge in [-0.15, -0.1) is 0 Å². The SMILES string of the molecule is O=C(O)COc1cc2c(c(Cl)c1Cl)C(O)C1=C2CCCC1. The van der Waals surface area contributed by atoms with E-state index in [1.807, 2.05) is 0 Å². The molecule has 2 N–H and O–H groups in total. The summed E-state index contributed by atoms with van der Waals surface area (Å²) in [5.41, 5.74) is 3.57. The molecular weight excluding hydrogens is 315 g/mol. The van der Waals surface area contributed by atoms with E-state index in [0.29, 0.717) is 5.56 Å². The standard InChI is InChI=1S/C15H14Cl2O4/c16-13-10(21-6-11(18)19)5-9-7-3-1-2-4-8(7)15(20)12(9)14(13)17/h5,15,20H,1-4,6H2,(H,18,19). The summed E-state index contributed by atoms with van der Waals surface area (Å²) in [6.45, 7) is -0.483. The van der Waals surface area contributed by atoms with E-state index in [1.54, 1.807) is 6.07 Å². The molecule has 1 aromatic rings. The first-order chi connectivity index (χ1) is 10.0. The van der Waals surface area contributed by atoms with Gasteiger partial charge in [0.1, 0.15) is 16.9 Å². The van der Waals surface area contributed by atoms with Gasteiger partial charge in [-0.1, -0.05) is 23.2 Å². The van der Waals surface area contributed by atoms with Crippen LogP contribution in [0.2, 0.25) is 10.0 Å². The van der Waals surface area contributed by atoms with E-state index < -0.39 is 18.7 Å². The molecule has 1 aromatic carbocycles. The minimum absolute atomic E-state index is 0.149. The Kier molecular flexibility index (Phi) is 3.86. The van der Waals surface area contributed by atoms with Gasteiger partial charge in [0.15, 0.2) is 6.61 Å². The van der Waals surface area contributed by atoms with E-state index in [9.17, 15) is 9.90 Å². The summed E-state index contributed by atoms with van der Waals surface area (Å²) in [6, 6.07) is 1.70. The fourth-order valence-electron chi connectivity index (χ4n) is 3.09. The fraction of sp³-hybridized carbons (Fsp3) is 0.400. The molecule has 0 radical (unpaired) electrons. The Morgan fingerprint density at radius 1 is 1.29 bits per heavy atom. The van der Waals surface area contributed by atoms with Crippen molar-refractivity contribution in [3.63, 3.8) is 0 Å². The molecule has 21 heavy (non-hydrogen) atoms. The van der Waals surface area contributed by atoms with Crippen molar-refractivity contribution >= 4 is 34.7 Å². The van der Waals surface area contributed by atoms with Crippen molar-refractivity contribution in [1.29, 1.82) is 0 Å². The highest BCUT2D eigenvalue weighted by atomic mass is 35.5. The maximum Gasteiger partial charge on any atom is 0.341 e.